The number of nitrogens with zero attached hydrogens (tertiary/aromatic N) is 1. The van der Waals surface area contributed by atoms with E-state index < -0.39 is 0 Å². The summed E-state index contributed by atoms with van der Waals surface area (Å²) in [5.41, 5.74) is 6.23. The summed E-state index contributed by atoms with van der Waals surface area (Å²) in [4.78, 5) is 14.2. The van der Waals surface area contributed by atoms with Crippen molar-refractivity contribution in [1.82, 2.24) is 10.2 Å². The van der Waals surface area contributed by atoms with Crippen LogP contribution in [0, 0.1) is 11.7 Å². The third kappa shape index (κ3) is 4.95. The molecule has 1 saturated heterocycles. The van der Waals surface area contributed by atoms with Gasteiger partial charge in [-0.2, -0.15) is 0 Å². The maximum Gasteiger partial charge on any atom is 0.224 e. The summed E-state index contributed by atoms with van der Waals surface area (Å²) >= 11 is 5.87. The van der Waals surface area contributed by atoms with Crippen molar-refractivity contribution in [1.29, 1.82) is 0 Å². The number of hydrogen-bond acceptors (Lipinski definition) is 3. The zero-order chi connectivity index (χ0) is 15.2. The summed E-state index contributed by atoms with van der Waals surface area (Å²) in [7, 11) is 0. The first-order valence-corrected chi connectivity index (χ1v) is 7.61. The third-order valence-electron chi connectivity index (χ3n) is 3.65. The zero-order valence-electron chi connectivity index (χ0n) is 11.9. The average molecular weight is 314 g/mol. The van der Waals surface area contributed by atoms with Gasteiger partial charge in [0.25, 0.3) is 0 Å². The number of halogens is 2. The van der Waals surface area contributed by atoms with Crippen LogP contribution in [0.5, 0.6) is 0 Å². The lowest BCUT2D eigenvalue weighted by molar-refractivity contribution is -0.126. The van der Waals surface area contributed by atoms with E-state index in [1.54, 1.807) is 6.07 Å². The topological polar surface area (TPSA) is 58.4 Å². The molecule has 1 atom stereocenters. The fraction of sp³-hybridized carbons (Fsp3) is 0.533. The van der Waals surface area contributed by atoms with Crippen LogP contribution in [0.4, 0.5) is 4.39 Å². The molecular weight excluding hydrogens is 293 g/mol. The Hall–Kier alpha value is -1.17. The fourth-order valence-corrected chi connectivity index (χ4v) is 2.96. The van der Waals surface area contributed by atoms with Gasteiger partial charge in [0.1, 0.15) is 5.82 Å². The molecule has 1 aliphatic rings. The Balaban J connectivity index is 1.93. The summed E-state index contributed by atoms with van der Waals surface area (Å²) in [6.07, 6.45) is 1.85. The molecule has 1 heterocycles. The maximum absolute atomic E-state index is 13.3. The highest BCUT2D eigenvalue weighted by Crippen LogP contribution is 2.21. The fourth-order valence-electron chi connectivity index (χ4n) is 2.71. The summed E-state index contributed by atoms with van der Waals surface area (Å²) in [5, 5.41) is 3.24. The second-order valence-electron chi connectivity index (χ2n) is 5.43. The molecule has 0 bridgehead atoms. The van der Waals surface area contributed by atoms with Crippen LogP contribution in [0.1, 0.15) is 18.4 Å². The van der Waals surface area contributed by atoms with Crippen LogP contribution in [-0.2, 0) is 11.3 Å². The highest BCUT2D eigenvalue weighted by atomic mass is 35.5. The predicted molar refractivity (Wildman–Crippen MR) is 81.5 cm³/mol. The number of likely N-dealkylation sites (tertiary alicyclic amines) is 1. The third-order valence-corrected chi connectivity index (χ3v) is 3.87. The smallest absolute Gasteiger partial charge is 0.224 e. The molecule has 1 aromatic carbocycles. The molecule has 1 unspecified atom stereocenters. The zero-order valence-corrected chi connectivity index (χ0v) is 12.7. The Kier molecular flexibility index (Phi) is 5.96. The van der Waals surface area contributed by atoms with E-state index in [9.17, 15) is 9.18 Å². The second-order valence-corrected chi connectivity index (χ2v) is 5.87. The highest BCUT2D eigenvalue weighted by Gasteiger charge is 2.25. The summed E-state index contributed by atoms with van der Waals surface area (Å²) < 4.78 is 13.3. The molecule has 0 spiro atoms. The van der Waals surface area contributed by atoms with Gasteiger partial charge in [0.05, 0.1) is 5.92 Å². The van der Waals surface area contributed by atoms with E-state index in [0.717, 1.165) is 24.9 Å². The molecule has 1 aliphatic heterocycles. The minimum absolute atomic E-state index is 0.0191. The molecule has 0 aromatic heterocycles. The first-order valence-electron chi connectivity index (χ1n) is 7.23. The molecule has 1 fully saturated rings. The van der Waals surface area contributed by atoms with Crippen molar-refractivity contribution in [2.75, 3.05) is 26.2 Å². The Morgan fingerprint density at radius 2 is 2.29 bits per heavy atom. The van der Waals surface area contributed by atoms with Crippen molar-refractivity contribution in [2.45, 2.75) is 19.4 Å². The van der Waals surface area contributed by atoms with Gasteiger partial charge >= 0.3 is 0 Å². The average Bonchev–Trinajstić information content (AvgIpc) is 2.44. The summed E-state index contributed by atoms with van der Waals surface area (Å²) in [6.45, 7) is 3.16. The van der Waals surface area contributed by atoms with Gasteiger partial charge in [0.15, 0.2) is 0 Å². The van der Waals surface area contributed by atoms with E-state index in [4.69, 9.17) is 17.3 Å². The Morgan fingerprint density at radius 3 is 3.00 bits per heavy atom. The monoisotopic (exact) mass is 313 g/mol. The molecule has 21 heavy (non-hydrogen) atoms. The minimum atomic E-state index is -0.327. The molecule has 2 rings (SSSR count). The molecule has 6 heteroatoms. The van der Waals surface area contributed by atoms with Crippen LogP contribution < -0.4 is 11.1 Å². The standard InChI is InChI=1S/C15H21ClFN3O/c16-13-6-11(7-14(17)8-13)9-20-5-1-2-12(10-20)15(21)19-4-3-18/h6-8,12H,1-5,9-10,18H2,(H,19,21). The van der Waals surface area contributed by atoms with E-state index in [-0.39, 0.29) is 17.6 Å². The molecule has 116 valence electrons. The second kappa shape index (κ2) is 7.73. The van der Waals surface area contributed by atoms with Crippen molar-refractivity contribution in [2.24, 2.45) is 11.7 Å². The number of rotatable bonds is 5. The quantitative estimate of drug-likeness (QED) is 0.871. The number of amides is 1. The normalized spacial score (nSPS) is 19.5. The van der Waals surface area contributed by atoms with Crippen LogP contribution in [-0.4, -0.2) is 37.0 Å². The van der Waals surface area contributed by atoms with Crippen LogP contribution in [0.15, 0.2) is 18.2 Å². The van der Waals surface area contributed by atoms with Crippen LogP contribution in [0.25, 0.3) is 0 Å². The van der Waals surface area contributed by atoms with Crippen molar-refractivity contribution in [3.8, 4) is 0 Å². The first-order chi connectivity index (χ1) is 10.1. The number of nitrogens with two attached hydrogens (primary N) is 1. The van der Waals surface area contributed by atoms with E-state index in [0.29, 0.717) is 31.2 Å². The van der Waals surface area contributed by atoms with Crippen LogP contribution >= 0.6 is 11.6 Å². The SMILES string of the molecule is NCCNC(=O)C1CCCN(Cc2cc(F)cc(Cl)c2)C1. The predicted octanol–water partition coefficient (Wildman–Crippen LogP) is 1.77. The Bertz CT molecular complexity index is 478. The number of benzene rings is 1. The van der Waals surface area contributed by atoms with Gasteiger partial charge in [-0.05, 0) is 43.1 Å². The number of carbonyl (C=O) groups excluding carboxylic acids is 1. The molecule has 4 nitrogen and oxygen atoms in total. The molecule has 1 amide bonds. The highest BCUT2D eigenvalue weighted by molar-refractivity contribution is 6.30. The molecule has 3 N–H and O–H groups in total. The molecule has 0 saturated carbocycles. The van der Waals surface area contributed by atoms with Crippen LogP contribution in [0.2, 0.25) is 5.02 Å². The lowest BCUT2D eigenvalue weighted by atomic mass is 9.96. The van der Waals surface area contributed by atoms with Crippen molar-refractivity contribution in [3.63, 3.8) is 0 Å². The summed E-state index contributed by atoms with van der Waals surface area (Å²) in [5.74, 6) is -0.288. The molecule has 1 aromatic rings. The van der Waals surface area contributed by atoms with E-state index in [1.165, 1.54) is 12.1 Å². The number of nitrogens with one attached hydrogen (secondary N) is 1. The van der Waals surface area contributed by atoms with Crippen LogP contribution in [0.3, 0.4) is 0 Å². The van der Waals surface area contributed by atoms with Crippen molar-refractivity contribution >= 4 is 17.5 Å². The number of piperidine rings is 1. The lowest BCUT2D eigenvalue weighted by Crippen LogP contribution is -2.43. The molecular formula is C15H21ClFN3O. The number of hydrogen-bond donors (Lipinski definition) is 2. The van der Waals surface area contributed by atoms with Gasteiger partial charge in [0.2, 0.25) is 5.91 Å². The van der Waals surface area contributed by atoms with Gasteiger partial charge < -0.3 is 11.1 Å². The van der Waals surface area contributed by atoms with E-state index >= 15 is 0 Å². The molecule has 0 radical (unpaired) electrons. The lowest BCUT2D eigenvalue weighted by Gasteiger charge is -2.32. The van der Waals surface area contributed by atoms with E-state index in [2.05, 4.69) is 10.2 Å². The van der Waals surface area contributed by atoms with E-state index in [1.807, 2.05) is 0 Å². The molecule has 0 aliphatic carbocycles. The minimum Gasteiger partial charge on any atom is -0.355 e. The van der Waals surface area contributed by atoms with Gasteiger partial charge in [-0.15, -0.1) is 0 Å². The maximum atomic E-state index is 13.3. The summed E-state index contributed by atoms with van der Waals surface area (Å²) in [6, 6.07) is 4.55. The largest absolute Gasteiger partial charge is 0.355 e. The van der Waals surface area contributed by atoms with Gasteiger partial charge in [0, 0.05) is 31.2 Å². The van der Waals surface area contributed by atoms with Crippen molar-refractivity contribution < 1.29 is 9.18 Å². The number of carbonyl (C=O) groups is 1. The Labute approximate surface area is 129 Å². The van der Waals surface area contributed by atoms with Gasteiger partial charge in [-0.25, -0.2) is 4.39 Å². The van der Waals surface area contributed by atoms with Gasteiger partial charge in [-0.1, -0.05) is 11.6 Å². The first kappa shape index (κ1) is 16.2. The van der Waals surface area contributed by atoms with Crippen molar-refractivity contribution in [3.05, 3.63) is 34.6 Å². The van der Waals surface area contributed by atoms with Gasteiger partial charge in [-0.3, -0.25) is 9.69 Å². The Morgan fingerprint density at radius 1 is 1.48 bits per heavy atom.